The SMILES string of the molecule is CO[C@@H](C1=CC=CC1S(=O)c1ccc(C)cc1)c1ccccc1P(c1ccccc1)c1ccccc1. The highest BCUT2D eigenvalue weighted by Gasteiger charge is 2.32. The van der Waals surface area contributed by atoms with Crippen molar-refractivity contribution in [1.82, 2.24) is 0 Å². The van der Waals surface area contributed by atoms with Crippen molar-refractivity contribution in [2.24, 2.45) is 0 Å². The number of hydrogen-bond donors (Lipinski definition) is 0. The van der Waals surface area contributed by atoms with Crippen LogP contribution in [0.1, 0.15) is 17.2 Å². The molecular formula is C32H29O2PS. The Hall–Kier alpha value is -3.10. The van der Waals surface area contributed by atoms with Crippen LogP contribution in [0, 0.1) is 6.92 Å². The highest BCUT2D eigenvalue weighted by atomic mass is 32.2. The second-order valence-electron chi connectivity index (χ2n) is 8.76. The van der Waals surface area contributed by atoms with Gasteiger partial charge in [-0.1, -0.05) is 121 Å². The van der Waals surface area contributed by atoms with E-state index in [1.54, 1.807) is 7.11 Å². The van der Waals surface area contributed by atoms with Crippen LogP contribution in [0.2, 0.25) is 0 Å². The Morgan fingerprint density at radius 3 is 1.97 bits per heavy atom. The van der Waals surface area contributed by atoms with Crippen molar-refractivity contribution in [1.29, 1.82) is 0 Å². The molecule has 0 aliphatic heterocycles. The first kappa shape index (κ1) is 24.6. The Balaban J connectivity index is 1.57. The fourth-order valence-corrected chi connectivity index (χ4v) is 8.52. The molecule has 0 aromatic heterocycles. The van der Waals surface area contributed by atoms with Crippen LogP contribution in [0.5, 0.6) is 0 Å². The van der Waals surface area contributed by atoms with E-state index in [0.717, 1.165) is 21.6 Å². The van der Waals surface area contributed by atoms with Crippen LogP contribution in [0.15, 0.2) is 138 Å². The Kier molecular flexibility index (Phi) is 7.72. The number of ether oxygens (including phenoxy) is 1. The molecule has 2 nitrogen and oxygen atoms in total. The molecule has 2 unspecified atom stereocenters. The van der Waals surface area contributed by atoms with Gasteiger partial charge in [-0.3, -0.25) is 4.21 Å². The molecule has 0 radical (unpaired) electrons. The van der Waals surface area contributed by atoms with Gasteiger partial charge in [-0.15, -0.1) is 0 Å². The van der Waals surface area contributed by atoms with Gasteiger partial charge >= 0.3 is 0 Å². The second-order valence-corrected chi connectivity index (χ2v) is 12.5. The summed E-state index contributed by atoms with van der Waals surface area (Å²) in [6.45, 7) is 2.04. The van der Waals surface area contributed by atoms with Crippen LogP contribution >= 0.6 is 7.92 Å². The zero-order chi connectivity index (χ0) is 24.9. The first-order valence-electron chi connectivity index (χ1n) is 12.0. The summed E-state index contributed by atoms with van der Waals surface area (Å²) in [4.78, 5) is 0.835. The zero-order valence-electron chi connectivity index (χ0n) is 20.5. The Morgan fingerprint density at radius 2 is 1.36 bits per heavy atom. The molecule has 0 bridgehead atoms. The summed E-state index contributed by atoms with van der Waals surface area (Å²) in [5, 5.41) is 3.61. The van der Waals surface area contributed by atoms with E-state index >= 15 is 0 Å². The minimum Gasteiger partial charge on any atom is -0.372 e. The number of aryl methyl sites for hydroxylation is 1. The third kappa shape index (κ3) is 5.06. The Morgan fingerprint density at radius 1 is 0.778 bits per heavy atom. The first-order chi connectivity index (χ1) is 17.7. The maximum absolute atomic E-state index is 13.6. The van der Waals surface area contributed by atoms with Crippen LogP contribution in [0.3, 0.4) is 0 Å². The van der Waals surface area contributed by atoms with Crippen molar-refractivity contribution in [3.05, 3.63) is 144 Å². The molecular weight excluding hydrogens is 479 g/mol. The molecule has 4 heteroatoms. The largest absolute Gasteiger partial charge is 0.372 e. The fraction of sp³-hybridized carbons (Fsp3) is 0.125. The van der Waals surface area contributed by atoms with Crippen molar-refractivity contribution >= 4 is 34.6 Å². The summed E-state index contributed by atoms with van der Waals surface area (Å²) < 4.78 is 19.8. The lowest BCUT2D eigenvalue weighted by atomic mass is 10.0. The van der Waals surface area contributed by atoms with E-state index in [2.05, 4.69) is 91.0 Å². The van der Waals surface area contributed by atoms with E-state index in [0.29, 0.717) is 0 Å². The number of benzene rings is 4. The summed E-state index contributed by atoms with van der Waals surface area (Å²) in [5.74, 6) is 0. The molecule has 1 aliphatic rings. The van der Waals surface area contributed by atoms with Crippen LogP contribution in [-0.4, -0.2) is 16.6 Å². The lowest BCUT2D eigenvalue weighted by molar-refractivity contribution is 0.133. The summed E-state index contributed by atoms with van der Waals surface area (Å²) in [6, 6.07) is 37.9. The summed E-state index contributed by atoms with van der Waals surface area (Å²) in [5.41, 5.74) is 3.31. The van der Waals surface area contributed by atoms with Crippen molar-refractivity contribution in [3.8, 4) is 0 Å². The smallest absolute Gasteiger partial charge is 0.106 e. The van der Waals surface area contributed by atoms with Gasteiger partial charge in [0.05, 0.1) is 16.0 Å². The van der Waals surface area contributed by atoms with E-state index in [1.165, 1.54) is 15.9 Å². The Labute approximate surface area is 217 Å². The molecule has 0 heterocycles. The summed E-state index contributed by atoms with van der Waals surface area (Å²) in [6.07, 6.45) is 5.83. The van der Waals surface area contributed by atoms with Gasteiger partial charge in [0.2, 0.25) is 0 Å². The topological polar surface area (TPSA) is 26.3 Å². The van der Waals surface area contributed by atoms with E-state index in [9.17, 15) is 4.21 Å². The first-order valence-corrected chi connectivity index (χ1v) is 14.6. The van der Waals surface area contributed by atoms with Gasteiger partial charge in [0.25, 0.3) is 0 Å². The minimum absolute atomic E-state index is 0.231. The van der Waals surface area contributed by atoms with E-state index in [1.807, 2.05) is 43.3 Å². The highest BCUT2D eigenvalue weighted by Crippen LogP contribution is 2.40. The predicted octanol–water partition coefficient (Wildman–Crippen LogP) is 6.11. The molecule has 0 saturated carbocycles. The average Bonchev–Trinajstić information content (AvgIpc) is 3.41. The predicted molar refractivity (Wildman–Crippen MR) is 153 cm³/mol. The molecule has 0 spiro atoms. The van der Waals surface area contributed by atoms with Crippen LogP contribution in [-0.2, 0) is 15.5 Å². The normalized spacial score (nSPS) is 16.6. The number of hydrogen-bond acceptors (Lipinski definition) is 2. The molecule has 36 heavy (non-hydrogen) atoms. The molecule has 0 saturated heterocycles. The second kappa shape index (κ2) is 11.3. The van der Waals surface area contributed by atoms with E-state index in [4.69, 9.17) is 4.74 Å². The van der Waals surface area contributed by atoms with Gasteiger partial charge < -0.3 is 4.74 Å². The average molecular weight is 509 g/mol. The number of rotatable bonds is 8. The Bertz CT molecular complexity index is 1360. The minimum atomic E-state index is -1.21. The van der Waals surface area contributed by atoms with Crippen molar-refractivity contribution in [2.75, 3.05) is 7.11 Å². The van der Waals surface area contributed by atoms with Gasteiger partial charge in [0, 0.05) is 12.0 Å². The van der Waals surface area contributed by atoms with Gasteiger partial charge in [-0.25, -0.2) is 0 Å². The lowest BCUT2D eigenvalue weighted by Crippen LogP contribution is -2.27. The highest BCUT2D eigenvalue weighted by molar-refractivity contribution is 7.86. The molecule has 4 aromatic rings. The lowest BCUT2D eigenvalue weighted by Gasteiger charge is -2.28. The maximum atomic E-state index is 13.6. The van der Waals surface area contributed by atoms with Crippen molar-refractivity contribution in [3.63, 3.8) is 0 Å². The molecule has 0 amide bonds. The van der Waals surface area contributed by atoms with Crippen LogP contribution in [0.4, 0.5) is 0 Å². The summed E-state index contributed by atoms with van der Waals surface area (Å²) >= 11 is 0. The molecule has 5 rings (SSSR count). The van der Waals surface area contributed by atoms with E-state index in [-0.39, 0.29) is 11.4 Å². The molecule has 4 aromatic carbocycles. The van der Waals surface area contributed by atoms with Crippen LogP contribution in [0.25, 0.3) is 0 Å². The number of methoxy groups -OCH3 is 1. The molecule has 180 valence electrons. The van der Waals surface area contributed by atoms with Gasteiger partial charge in [-0.2, -0.15) is 0 Å². The van der Waals surface area contributed by atoms with Gasteiger partial charge in [0.15, 0.2) is 0 Å². The molecule has 3 atom stereocenters. The molecule has 1 aliphatic carbocycles. The molecule has 0 fully saturated rings. The van der Waals surface area contributed by atoms with Gasteiger partial charge in [-0.05, 0) is 54.0 Å². The van der Waals surface area contributed by atoms with Gasteiger partial charge in [0.1, 0.15) is 6.10 Å². The third-order valence-electron chi connectivity index (χ3n) is 6.41. The summed E-state index contributed by atoms with van der Waals surface area (Å²) in [7, 11) is -0.262. The zero-order valence-corrected chi connectivity index (χ0v) is 22.2. The monoisotopic (exact) mass is 508 g/mol. The van der Waals surface area contributed by atoms with Crippen LogP contribution < -0.4 is 15.9 Å². The fourth-order valence-electron chi connectivity index (χ4n) is 4.66. The number of allylic oxidation sites excluding steroid dienone is 2. The van der Waals surface area contributed by atoms with Crippen molar-refractivity contribution in [2.45, 2.75) is 23.2 Å². The quantitative estimate of drug-likeness (QED) is 0.268. The maximum Gasteiger partial charge on any atom is 0.106 e. The molecule has 0 N–H and O–H groups in total. The standard InChI is InChI=1S/C32H29O2PS/c1-24-20-22-27(23-21-24)36(33)31-19-11-17-29(31)32(34-2)28-16-9-10-18-30(28)35(25-12-5-3-6-13-25)26-14-7-4-8-15-26/h3-23,31-32H,1-2H3/t31?,32-,36?/m1/s1. The third-order valence-corrected chi connectivity index (χ3v) is 10.6. The van der Waals surface area contributed by atoms with Crippen molar-refractivity contribution < 1.29 is 8.95 Å². The van der Waals surface area contributed by atoms with E-state index < -0.39 is 18.7 Å².